The number of halogens is 1. The van der Waals surface area contributed by atoms with Crippen LogP contribution in [0.3, 0.4) is 0 Å². The van der Waals surface area contributed by atoms with Crippen LogP contribution in [0.1, 0.15) is 15.9 Å². The van der Waals surface area contributed by atoms with Crippen molar-refractivity contribution in [2.24, 2.45) is 0 Å². The Kier molecular flexibility index (Phi) is 3.16. The van der Waals surface area contributed by atoms with E-state index in [1.807, 2.05) is 12.1 Å². The second kappa shape index (κ2) is 4.98. The molecule has 3 rings (SSSR count). The predicted octanol–water partition coefficient (Wildman–Crippen LogP) is 2.93. The average Bonchev–Trinajstić information content (AvgIpc) is 2.77. The fourth-order valence-corrected chi connectivity index (χ4v) is 2.35. The van der Waals surface area contributed by atoms with E-state index < -0.39 is 0 Å². The number of aromatic nitrogens is 2. The molecule has 2 aromatic carbocycles. The Hall–Kier alpha value is -2.33. The number of Topliss-reactive ketones (excluding diaryl/α,β-unsaturated/α-hetero) is 1. The van der Waals surface area contributed by atoms with E-state index in [2.05, 4.69) is 9.97 Å². The lowest BCUT2D eigenvalue weighted by atomic mass is 10.0. The van der Waals surface area contributed by atoms with Crippen LogP contribution in [-0.4, -0.2) is 15.8 Å². The van der Waals surface area contributed by atoms with Gasteiger partial charge in [-0.1, -0.05) is 23.7 Å². The molecule has 0 spiro atoms. The zero-order valence-corrected chi connectivity index (χ0v) is 11.2. The average molecular weight is 287 g/mol. The maximum absolute atomic E-state index is 12.2. The molecule has 1 heterocycles. The molecule has 3 aromatic rings. The molecular weight excluding hydrogens is 276 g/mol. The molecule has 0 saturated carbocycles. The number of ketones is 1. The topological polar surface area (TPSA) is 65.7 Å². The van der Waals surface area contributed by atoms with Crippen LogP contribution >= 0.6 is 11.6 Å². The molecule has 0 unspecified atom stereocenters. The molecule has 0 radical (unpaired) electrons. The molecule has 2 N–H and O–H groups in total. The Bertz CT molecular complexity index is 848. The zero-order valence-electron chi connectivity index (χ0n) is 10.4. The lowest BCUT2D eigenvalue weighted by molar-refractivity contribution is 0.0993. The van der Waals surface area contributed by atoms with Gasteiger partial charge in [0.1, 0.15) is 0 Å². The maximum atomic E-state index is 12.2. The Morgan fingerprint density at radius 2 is 1.85 bits per heavy atom. The van der Waals surface area contributed by atoms with E-state index in [-0.39, 0.29) is 17.9 Å². The number of benzene rings is 2. The van der Waals surface area contributed by atoms with Gasteiger partial charge in [-0.05, 0) is 35.9 Å². The number of fused-ring (bicyclic) bond motifs is 1. The Balaban J connectivity index is 1.90. The van der Waals surface area contributed by atoms with Crippen molar-refractivity contribution in [3.05, 3.63) is 69.1 Å². The Morgan fingerprint density at radius 1 is 1.05 bits per heavy atom. The number of rotatable bonds is 3. The number of nitrogens with one attached hydrogen (secondary N) is 2. The number of hydrogen-bond acceptors (Lipinski definition) is 2. The van der Waals surface area contributed by atoms with Crippen molar-refractivity contribution in [3.63, 3.8) is 0 Å². The molecule has 20 heavy (non-hydrogen) atoms. The highest BCUT2D eigenvalue weighted by Gasteiger charge is 2.09. The standard InChI is InChI=1S/C15H11ClN2O2/c16-11-3-1-2-9(6-11)7-14(19)10-4-5-12-13(8-10)18-15(20)17-12/h1-6,8H,7H2,(H2,17,18,20). The van der Waals surface area contributed by atoms with Crippen LogP contribution in [0.5, 0.6) is 0 Å². The molecule has 4 nitrogen and oxygen atoms in total. The van der Waals surface area contributed by atoms with E-state index in [0.29, 0.717) is 21.6 Å². The third kappa shape index (κ3) is 2.51. The predicted molar refractivity (Wildman–Crippen MR) is 78.4 cm³/mol. The summed E-state index contributed by atoms with van der Waals surface area (Å²) in [6.45, 7) is 0. The van der Waals surface area contributed by atoms with Gasteiger partial charge in [0, 0.05) is 17.0 Å². The van der Waals surface area contributed by atoms with Crippen molar-refractivity contribution in [2.75, 3.05) is 0 Å². The summed E-state index contributed by atoms with van der Waals surface area (Å²) in [6.07, 6.45) is 0.278. The molecule has 0 bridgehead atoms. The van der Waals surface area contributed by atoms with Crippen molar-refractivity contribution < 1.29 is 4.79 Å². The summed E-state index contributed by atoms with van der Waals surface area (Å²) < 4.78 is 0. The summed E-state index contributed by atoms with van der Waals surface area (Å²) in [7, 11) is 0. The van der Waals surface area contributed by atoms with Crippen molar-refractivity contribution in [2.45, 2.75) is 6.42 Å². The highest BCUT2D eigenvalue weighted by Crippen LogP contribution is 2.15. The third-order valence-electron chi connectivity index (χ3n) is 3.09. The quantitative estimate of drug-likeness (QED) is 0.727. The van der Waals surface area contributed by atoms with E-state index in [9.17, 15) is 9.59 Å². The van der Waals surface area contributed by atoms with Gasteiger partial charge in [-0.3, -0.25) is 4.79 Å². The van der Waals surface area contributed by atoms with E-state index >= 15 is 0 Å². The molecule has 0 aliphatic rings. The van der Waals surface area contributed by atoms with Crippen LogP contribution in [0.2, 0.25) is 5.02 Å². The van der Waals surface area contributed by atoms with Crippen LogP contribution in [0.4, 0.5) is 0 Å². The minimum absolute atomic E-state index is 0.0174. The van der Waals surface area contributed by atoms with Gasteiger partial charge in [-0.25, -0.2) is 4.79 Å². The first-order valence-corrected chi connectivity index (χ1v) is 6.49. The minimum atomic E-state index is -0.278. The molecule has 1 aromatic heterocycles. The molecule has 0 aliphatic carbocycles. The van der Waals surface area contributed by atoms with Gasteiger partial charge < -0.3 is 9.97 Å². The minimum Gasteiger partial charge on any atom is -0.306 e. The van der Waals surface area contributed by atoms with Gasteiger partial charge in [0.05, 0.1) is 11.0 Å². The van der Waals surface area contributed by atoms with Gasteiger partial charge in [0.25, 0.3) is 0 Å². The SMILES string of the molecule is O=C(Cc1cccc(Cl)c1)c1ccc2[nH]c(=O)[nH]c2c1. The molecule has 100 valence electrons. The summed E-state index contributed by atoms with van der Waals surface area (Å²) in [5, 5.41) is 0.612. The van der Waals surface area contributed by atoms with E-state index in [4.69, 9.17) is 11.6 Å². The van der Waals surface area contributed by atoms with Crippen LogP contribution in [0.15, 0.2) is 47.3 Å². The highest BCUT2D eigenvalue weighted by molar-refractivity contribution is 6.30. The summed E-state index contributed by atoms with van der Waals surface area (Å²) >= 11 is 5.90. The summed E-state index contributed by atoms with van der Waals surface area (Å²) in [5.41, 5.74) is 2.47. The largest absolute Gasteiger partial charge is 0.323 e. The van der Waals surface area contributed by atoms with Crippen molar-refractivity contribution in [3.8, 4) is 0 Å². The first-order valence-electron chi connectivity index (χ1n) is 6.11. The number of aromatic amines is 2. The Morgan fingerprint density at radius 3 is 2.65 bits per heavy atom. The maximum Gasteiger partial charge on any atom is 0.323 e. The smallest absolute Gasteiger partial charge is 0.306 e. The van der Waals surface area contributed by atoms with Crippen molar-refractivity contribution in [1.29, 1.82) is 0 Å². The number of imidazole rings is 1. The van der Waals surface area contributed by atoms with Crippen LogP contribution < -0.4 is 5.69 Å². The fourth-order valence-electron chi connectivity index (χ4n) is 2.14. The monoisotopic (exact) mass is 286 g/mol. The number of H-pyrrole nitrogens is 2. The van der Waals surface area contributed by atoms with Crippen LogP contribution in [0, 0.1) is 0 Å². The third-order valence-corrected chi connectivity index (χ3v) is 3.33. The second-order valence-electron chi connectivity index (χ2n) is 4.57. The van der Waals surface area contributed by atoms with Gasteiger partial charge >= 0.3 is 5.69 Å². The molecule has 0 atom stereocenters. The van der Waals surface area contributed by atoms with Crippen LogP contribution in [0.25, 0.3) is 11.0 Å². The fraction of sp³-hybridized carbons (Fsp3) is 0.0667. The lowest BCUT2D eigenvalue weighted by Gasteiger charge is -2.02. The summed E-state index contributed by atoms with van der Waals surface area (Å²) in [5.74, 6) is -0.0174. The van der Waals surface area contributed by atoms with Gasteiger partial charge in [0.2, 0.25) is 0 Å². The van der Waals surface area contributed by atoms with Crippen molar-refractivity contribution in [1.82, 2.24) is 9.97 Å². The molecule has 0 aliphatic heterocycles. The number of carbonyl (C=O) groups excluding carboxylic acids is 1. The molecule has 0 saturated heterocycles. The van der Waals surface area contributed by atoms with Gasteiger partial charge in [-0.2, -0.15) is 0 Å². The summed E-state index contributed by atoms with van der Waals surface area (Å²) in [4.78, 5) is 28.7. The highest BCUT2D eigenvalue weighted by atomic mass is 35.5. The second-order valence-corrected chi connectivity index (χ2v) is 5.01. The lowest BCUT2D eigenvalue weighted by Crippen LogP contribution is -2.03. The first-order chi connectivity index (χ1) is 9.61. The number of hydrogen-bond donors (Lipinski definition) is 2. The van der Waals surface area contributed by atoms with E-state index in [1.54, 1.807) is 30.3 Å². The number of carbonyl (C=O) groups is 1. The Labute approximate surface area is 119 Å². The first kappa shape index (κ1) is 12.7. The van der Waals surface area contributed by atoms with Crippen LogP contribution in [-0.2, 0) is 6.42 Å². The van der Waals surface area contributed by atoms with E-state index in [0.717, 1.165) is 5.56 Å². The molecule has 5 heteroatoms. The van der Waals surface area contributed by atoms with Gasteiger partial charge in [0.15, 0.2) is 5.78 Å². The molecule has 0 amide bonds. The summed E-state index contributed by atoms with van der Waals surface area (Å²) in [6, 6.07) is 12.3. The van der Waals surface area contributed by atoms with Gasteiger partial charge in [-0.15, -0.1) is 0 Å². The molecule has 0 fully saturated rings. The van der Waals surface area contributed by atoms with E-state index in [1.165, 1.54) is 0 Å². The zero-order chi connectivity index (χ0) is 14.1. The molecular formula is C15H11ClN2O2. The normalized spacial score (nSPS) is 10.8. The van der Waals surface area contributed by atoms with Crippen molar-refractivity contribution >= 4 is 28.4 Å².